The highest BCUT2D eigenvalue weighted by atomic mass is 16.1. The molecule has 96 valence electrons. The maximum atomic E-state index is 11.4. The minimum Gasteiger partial charge on any atom is -0.341 e. The quantitative estimate of drug-likeness (QED) is 0.432. The third-order valence-electron chi connectivity index (χ3n) is 4.07. The summed E-state index contributed by atoms with van der Waals surface area (Å²) in [5.41, 5.74) is 1.04. The monoisotopic (exact) mass is 244 g/mol. The molecule has 1 aliphatic heterocycles. The first-order valence-electron chi connectivity index (χ1n) is 6.23. The first-order chi connectivity index (χ1) is 8.28. The summed E-state index contributed by atoms with van der Waals surface area (Å²) in [7, 11) is 0. The van der Waals surface area contributed by atoms with Crippen molar-refractivity contribution in [2.45, 2.75) is 45.7 Å². The topological polar surface area (TPSA) is 32.4 Å². The first-order valence-corrected chi connectivity index (χ1v) is 6.23. The van der Waals surface area contributed by atoms with Crippen molar-refractivity contribution in [3.63, 3.8) is 0 Å². The molecule has 1 fully saturated rings. The fourth-order valence-corrected chi connectivity index (χ4v) is 2.43. The molecule has 1 aliphatic rings. The van der Waals surface area contributed by atoms with E-state index in [1.54, 1.807) is 0 Å². The largest absolute Gasteiger partial charge is 0.341 e. The van der Waals surface area contributed by atoms with E-state index in [9.17, 15) is 4.79 Å². The molecule has 1 aromatic rings. The van der Waals surface area contributed by atoms with Crippen molar-refractivity contribution in [1.82, 2.24) is 4.90 Å². The van der Waals surface area contributed by atoms with E-state index in [1.165, 1.54) is 6.92 Å². The molecule has 3 heteroatoms. The number of nitrogens with zero attached hydrogens (tertiary/aromatic N) is 2. The van der Waals surface area contributed by atoms with Gasteiger partial charge in [-0.1, -0.05) is 30.3 Å². The van der Waals surface area contributed by atoms with Gasteiger partial charge < -0.3 is 4.90 Å². The number of amides is 1. The van der Waals surface area contributed by atoms with Gasteiger partial charge in [0.15, 0.2) is 0 Å². The van der Waals surface area contributed by atoms with Gasteiger partial charge in [0.1, 0.15) is 5.84 Å². The van der Waals surface area contributed by atoms with Crippen molar-refractivity contribution in [2.75, 3.05) is 0 Å². The van der Waals surface area contributed by atoms with E-state index in [0.717, 1.165) is 11.4 Å². The number of amidine groups is 1. The molecule has 0 spiro atoms. The maximum absolute atomic E-state index is 11.4. The second-order valence-electron chi connectivity index (χ2n) is 5.77. The third-order valence-corrected chi connectivity index (χ3v) is 4.07. The summed E-state index contributed by atoms with van der Waals surface area (Å²) in [6.45, 7) is 10.2. The van der Waals surface area contributed by atoms with Crippen molar-refractivity contribution in [1.29, 1.82) is 0 Å². The summed E-state index contributed by atoms with van der Waals surface area (Å²) in [4.78, 5) is 17.8. The molecule has 0 aromatic heterocycles. The van der Waals surface area contributed by atoms with Crippen LogP contribution in [0.25, 0.3) is 0 Å². The Kier molecular flexibility index (Phi) is 2.80. The molecular formula is C15H20N2O. The van der Waals surface area contributed by atoms with Gasteiger partial charge in [0.25, 0.3) is 0 Å². The van der Waals surface area contributed by atoms with Crippen molar-refractivity contribution < 1.29 is 4.79 Å². The fraction of sp³-hybridized carbons (Fsp3) is 0.467. The molecule has 0 radical (unpaired) electrons. The predicted molar refractivity (Wildman–Crippen MR) is 73.7 cm³/mol. The number of rotatable bonds is 1. The molecule has 1 saturated heterocycles. The van der Waals surface area contributed by atoms with Crippen molar-refractivity contribution in [2.24, 2.45) is 4.99 Å². The Morgan fingerprint density at radius 3 is 1.94 bits per heavy atom. The number of carbonyl (C=O) groups excluding carboxylic acids is 1. The Bertz CT molecular complexity index is 486. The number of hydrogen-bond acceptors (Lipinski definition) is 1. The summed E-state index contributed by atoms with van der Waals surface area (Å²) in [5.74, 6) is 0.616. The molecule has 0 atom stereocenters. The highest BCUT2D eigenvalue weighted by molar-refractivity contribution is 6.07. The molecule has 1 amide bonds. The third kappa shape index (κ3) is 1.84. The zero-order valence-electron chi connectivity index (χ0n) is 11.7. The molecule has 3 nitrogen and oxygen atoms in total. The molecule has 0 N–H and O–H groups in total. The number of carbonyl (C=O) groups is 1. The second kappa shape index (κ2) is 3.94. The van der Waals surface area contributed by atoms with E-state index >= 15 is 0 Å². The Labute approximate surface area is 109 Å². The van der Waals surface area contributed by atoms with Crippen LogP contribution >= 0.6 is 0 Å². The fourth-order valence-electron chi connectivity index (χ4n) is 2.43. The van der Waals surface area contributed by atoms with Crippen LogP contribution in [-0.2, 0) is 4.79 Å². The lowest BCUT2D eigenvalue weighted by molar-refractivity contribution is -0.115. The van der Waals surface area contributed by atoms with Gasteiger partial charge >= 0.3 is 0 Å². The minimum atomic E-state index is -0.160. The Morgan fingerprint density at radius 2 is 1.56 bits per heavy atom. The summed E-state index contributed by atoms with van der Waals surface area (Å²) in [6, 6.07) is 9.88. The minimum absolute atomic E-state index is 0.0249. The van der Waals surface area contributed by atoms with Gasteiger partial charge in [0.2, 0.25) is 5.91 Å². The van der Waals surface area contributed by atoms with Crippen LogP contribution in [0.1, 0.15) is 40.2 Å². The second-order valence-corrected chi connectivity index (χ2v) is 5.77. The van der Waals surface area contributed by atoms with Crippen LogP contribution in [0.4, 0.5) is 0 Å². The van der Waals surface area contributed by atoms with Gasteiger partial charge in [-0.05, 0) is 27.7 Å². The molecule has 1 heterocycles. The maximum Gasteiger partial charge on any atom is 0.244 e. The SMILES string of the molecule is CC(=O)N=C(c1ccccc1)N1C(C)(C)C1(C)C. The van der Waals surface area contributed by atoms with Crippen LogP contribution in [0.5, 0.6) is 0 Å². The standard InChI is InChI=1S/C15H20N2O/c1-11(18)16-13(12-9-7-6-8-10-12)17-14(2,3)15(17,4)5/h6-10H,1-5H3. The number of benzene rings is 1. The highest BCUT2D eigenvalue weighted by Crippen LogP contribution is 2.51. The Hall–Kier alpha value is -1.64. The molecule has 1 aromatic carbocycles. The van der Waals surface area contributed by atoms with E-state index in [2.05, 4.69) is 37.6 Å². The number of hydrogen-bond donors (Lipinski definition) is 0. The van der Waals surface area contributed by atoms with Gasteiger partial charge in [-0.2, -0.15) is 4.99 Å². The zero-order valence-corrected chi connectivity index (χ0v) is 11.7. The molecule has 0 bridgehead atoms. The van der Waals surface area contributed by atoms with Crippen molar-refractivity contribution in [3.8, 4) is 0 Å². The molecule has 0 aliphatic carbocycles. The van der Waals surface area contributed by atoms with E-state index in [4.69, 9.17) is 0 Å². The lowest BCUT2D eigenvalue weighted by Gasteiger charge is -2.13. The van der Waals surface area contributed by atoms with E-state index < -0.39 is 0 Å². The molecule has 18 heavy (non-hydrogen) atoms. The lowest BCUT2D eigenvalue weighted by Crippen LogP contribution is -2.21. The average molecular weight is 244 g/mol. The van der Waals surface area contributed by atoms with Crippen LogP contribution < -0.4 is 0 Å². The van der Waals surface area contributed by atoms with Crippen LogP contribution in [0.3, 0.4) is 0 Å². The van der Waals surface area contributed by atoms with Gasteiger partial charge in [-0.25, -0.2) is 0 Å². The molecule has 0 unspecified atom stereocenters. The lowest BCUT2D eigenvalue weighted by atomic mass is 10.0. The Balaban J connectivity index is 2.45. The van der Waals surface area contributed by atoms with Crippen LogP contribution in [0.2, 0.25) is 0 Å². The first kappa shape index (κ1) is 12.8. The van der Waals surface area contributed by atoms with E-state index in [1.807, 2.05) is 30.3 Å². The normalized spacial score (nSPS) is 20.7. The summed E-state index contributed by atoms with van der Waals surface area (Å²) >= 11 is 0. The molecule has 0 saturated carbocycles. The highest BCUT2D eigenvalue weighted by Gasteiger charge is 2.64. The summed E-state index contributed by atoms with van der Waals surface area (Å²) in [5, 5.41) is 0. The predicted octanol–water partition coefficient (Wildman–Crippen LogP) is 2.85. The summed E-state index contributed by atoms with van der Waals surface area (Å²) < 4.78 is 0. The van der Waals surface area contributed by atoms with Gasteiger partial charge in [-0.15, -0.1) is 0 Å². The smallest absolute Gasteiger partial charge is 0.244 e. The Morgan fingerprint density at radius 1 is 1.06 bits per heavy atom. The van der Waals surface area contributed by atoms with Gasteiger partial charge in [0.05, 0.1) is 11.1 Å². The van der Waals surface area contributed by atoms with Crippen LogP contribution in [-0.4, -0.2) is 27.7 Å². The van der Waals surface area contributed by atoms with Gasteiger partial charge in [-0.3, -0.25) is 4.79 Å². The molecular weight excluding hydrogens is 224 g/mol. The summed E-state index contributed by atoms with van der Waals surface area (Å²) in [6.07, 6.45) is 0. The zero-order chi connectivity index (χ0) is 13.6. The van der Waals surface area contributed by atoms with Crippen LogP contribution in [0.15, 0.2) is 35.3 Å². The van der Waals surface area contributed by atoms with Crippen molar-refractivity contribution in [3.05, 3.63) is 35.9 Å². The number of aliphatic imine (C=N–C) groups is 1. The van der Waals surface area contributed by atoms with Crippen LogP contribution in [0, 0.1) is 0 Å². The van der Waals surface area contributed by atoms with E-state index in [0.29, 0.717) is 0 Å². The average Bonchev–Trinajstić information content (AvgIpc) is 2.68. The van der Waals surface area contributed by atoms with Crippen molar-refractivity contribution >= 4 is 11.7 Å². The van der Waals surface area contributed by atoms with Gasteiger partial charge in [0, 0.05) is 12.5 Å². The molecule has 2 rings (SSSR count). The van der Waals surface area contributed by atoms with E-state index in [-0.39, 0.29) is 17.0 Å².